The predicted molar refractivity (Wildman–Crippen MR) is 67.0 cm³/mol. The molecule has 0 aliphatic carbocycles. The SMILES string of the molecule is FC(F)(F)c1ccccc1C(F)(F)F.F[B-](F)(F)F.F[B-](F)(F)F.F[B-](F)(F)F. The van der Waals surface area contributed by atoms with Crippen LogP contribution in [0.5, 0.6) is 0 Å². The fraction of sp³-hybridized carbons (Fsp3) is 0.250. The van der Waals surface area contributed by atoms with Crippen molar-refractivity contribution in [2.45, 2.75) is 12.4 Å². The third-order valence-electron chi connectivity index (χ3n) is 1.54. The highest BCUT2D eigenvalue weighted by atomic mass is 19.5. The van der Waals surface area contributed by atoms with Gasteiger partial charge in [-0.15, -0.1) is 0 Å². The van der Waals surface area contributed by atoms with Gasteiger partial charge in [-0.1, -0.05) is 12.1 Å². The van der Waals surface area contributed by atoms with Crippen molar-refractivity contribution in [2.75, 3.05) is 0 Å². The number of alkyl halides is 6. The zero-order valence-corrected chi connectivity index (χ0v) is 12.8. The van der Waals surface area contributed by atoms with Gasteiger partial charge in [-0.25, -0.2) is 0 Å². The highest BCUT2D eigenvalue weighted by molar-refractivity contribution is 6.50. The van der Waals surface area contributed by atoms with E-state index in [1.54, 1.807) is 0 Å². The summed E-state index contributed by atoms with van der Waals surface area (Å²) < 4.78 is 189. The molecule has 0 nitrogen and oxygen atoms in total. The second kappa shape index (κ2) is 11.4. The summed E-state index contributed by atoms with van der Waals surface area (Å²) in [7, 11) is -18.0. The molecule has 29 heavy (non-hydrogen) atoms. The Bertz CT molecular complexity index is 483. The molecule has 0 atom stereocenters. The van der Waals surface area contributed by atoms with Crippen molar-refractivity contribution in [2.24, 2.45) is 0 Å². The molecule has 0 N–H and O–H groups in total. The Hall–Kier alpha value is -1.85. The first-order valence-electron chi connectivity index (χ1n) is 6.08. The summed E-state index contributed by atoms with van der Waals surface area (Å²) in [6.07, 6.45) is -9.96. The molecule has 0 saturated heterocycles. The van der Waals surface area contributed by atoms with E-state index in [-0.39, 0.29) is 0 Å². The Morgan fingerprint density at radius 1 is 0.414 bits per heavy atom. The maximum Gasteiger partial charge on any atom is 0.673 e. The van der Waals surface area contributed by atoms with Gasteiger partial charge in [0.2, 0.25) is 0 Å². The minimum atomic E-state index is -6.00. The lowest BCUT2D eigenvalue weighted by molar-refractivity contribution is -0.162. The first kappa shape index (κ1) is 31.8. The average Bonchev–Trinajstić information content (AvgIpc) is 2.30. The van der Waals surface area contributed by atoms with Crippen molar-refractivity contribution in [1.82, 2.24) is 0 Å². The van der Waals surface area contributed by atoms with Crippen molar-refractivity contribution in [1.29, 1.82) is 0 Å². The first-order valence-corrected chi connectivity index (χ1v) is 6.08. The van der Waals surface area contributed by atoms with Crippen molar-refractivity contribution < 1.29 is 78.1 Å². The average molecular weight is 475 g/mol. The lowest BCUT2D eigenvalue weighted by atomic mass is 10.1. The molecule has 0 radical (unpaired) electrons. The summed E-state index contributed by atoms with van der Waals surface area (Å²) in [6.45, 7) is 0. The molecule has 1 rings (SSSR count). The van der Waals surface area contributed by atoms with Crippen LogP contribution in [-0.2, 0) is 12.4 Å². The Balaban J connectivity index is -0.000000373. The van der Waals surface area contributed by atoms with Crippen LogP contribution in [0.2, 0.25) is 0 Å². The van der Waals surface area contributed by atoms with Crippen LogP contribution in [0.3, 0.4) is 0 Å². The molecule has 0 heterocycles. The van der Waals surface area contributed by atoms with E-state index in [9.17, 15) is 78.1 Å². The summed E-state index contributed by atoms with van der Waals surface area (Å²) in [5.41, 5.74) is -3.32. The lowest BCUT2D eigenvalue weighted by Crippen LogP contribution is -2.15. The van der Waals surface area contributed by atoms with Gasteiger partial charge in [0.1, 0.15) is 0 Å². The molecule has 0 bridgehead atoms. The van der Waals surface area contributed by atoms with Gasteiger partial charge in [0.05, 0.1) is 11.1 Å². The normalized spacial score (nSPS) is 12.5. The van der Waals surface area contributed by atoms with E-state index in [0.29, 0.717) is 12.1 Å². The van der Waals surface area contributed by atoms with Crippen LogP contribution in [-0.4, -0.2) is 21.8 Å². The van der Waals surface area contributed by atoms with E-state index < -0.39 is 45.2 Å². The molecule has 1 aromatic carbocycles. The van der Waals surface area contributed by atoms with Gasteiger partial charge < -0.3 is 51.8 Å². The smallest absolute Gasteiger partial charge is 0.418 e. The summed E-state index contributed by atoms with van der Waals surface area (Å²) in [4.78, 5) is 0. The van der Waals surface area contributed by atoms with Crippen molar-refractivity contribution in [3.05, 3.63) is 35.4 Å². The Morgan fingerprint density at radius 3 is 0.655 bits per heavy atom. The third-order valence-corrected chi connectivity index (χ3v) is 1.54. The standard InChI is InChI=1S/C8H4F6.3BF4/c9-7(10,11)5-3-1-2-4-6(5)8(12,13)14;3*2-1(3,4)5/h1-4H;;;/q;3*-1. The summed E-state index contributed by atoms with van der Waals surface area (Å²) in [5, 5.41) is 0. The van der Waals surface area contributed by atoms with Gasteiger partial charge in [-0.2, -0.15) is 26.3 Å². The number of benzene rings is 1. The fourth-order valence-electron chi connectivity index (χ4n) is 0.978. The van der Waals surface area contributed by atoms with Crippen LogP contribution < -0.4 is 0 Å². The molecule has 0 amide bonds. The maximum atomic E-state index is 12.1. The predicted octanol–water partition coefficient (Wildman–Crippen LogP) is 7.62. The highest BCUT2D eigenvalue weighted by Crippen LogP contribution is 2.39. The Morgan fingerprint density at radius 2 is 0.552 bits per heavy atom. The van der Waals surface area contributed by atoms with Crippen LogP contribution in [0.25, 0.3) is 0 Å². The van der Waals surface area contributed by atoms with Crippen LogP contribution in [0.1, 0.15) is 11.1 Å². The van der Waals surface area contributed by atoms with E-state index >= 15 is 0 Å². The molecule has 21 heteroatoms. The molecule has 0 fully saturated rings. The molecule has 174 valence electrons. The second-order valence-electron chi connectivity index (χ2n) is 4.03. The quantitative estimate of drug-likeness (QED) is 0.268. The molecule has 0 spiro atoms. The van der Waals surface area contributed by atoms with Crippen molar-refractivity contribution >= 4 is 21.8 Å². The van der Waals surface area contributed by atoms with E-state index in [2.05, 4.69) is 0 Å². The van der Waals surface area contributed by atoms with Gasteiger partial charge in [-0.05, 0) is 12.1 Å². The van der Waals surface area contributed by atoms with E-state index in [1.807, 2.05) is 0 Å². The maximum absolute atomic E-state index is 12.1. The molecular formula is C8H4B3F18-3. The molecule has 1 aromatic rings. The third kappa shape index (κ3) is 34.1. The van der Waals surface area contributed by atoms with Crippen LogP contribution in [0.15, 0.2) is 24.3 Å². The number of hydrogen-bond acceptors (Lipinski definition) is 0. The van der Waals surface area contributed by atoms with Gasteiger partial charge in [0, 0.05) is 0 Å². The van der Waals surface area contributed by atoms with Gasteiger partial charge in [-0.3, -0.25) is 0 Å². The van der Waals surface area contributed by atoms with E-state index in [0.717, 1.165) is 12.1 Å². The molecule has 0 aromatic heterocycles. The summed E-state index contributed by atoms with van der Waals surface area (Å²) in [5.74, 6) is 0. The molecule has 0 saturated carbocycles. The molecular weight excluding hydrogens is 470 g/mol. The first-order chi connectivity index (χ1) is 12.2. The van der Waals surface area contributed by atoms with E-state index in [4.69, 9.17) is 0 Å². The van der Waals surface area contributed by atoms with Crippen LogP contribution in [0, 0.1) is 0 Å². The molecule has 0 unspecified atom stereocenters. The lowest BCUT2D eigenvalue weighted by Gasteiger charge is -2.14. The second-order valence-corrected chi connectivity index (χ2v) is 4.03. The molecule has 0 aliphatic heterocycles. The minimum absolute atomic E-state index is 0.406. The van der Waals surface area contributed by atoms with Crippen LogP contribution in [0.4, 0.5) is 78.1 Å². The Labute approximate surface area is 149 Å². The van der Waals surface area contributed by atoms with Crippen LogP contribution >= 0.6 is 0 Å². The molecule has 0 aliphatic rings. The largest absolute Gasteiger partial charge is 0.673 e. The highest BCUT2D eigenvalue weighted by Gasteiger charge is 2.42. The zero-order chi connectivity index (χ0) is 24.5. The summed E-state index contributed by atoms with van der Waals surface area (Å²) in [6, 6.07) is 2.64. The minimum Gasteiger partial charge on any atom is -0.418 e. The van der Waals surface area contributed by atoms with Gasteiger partial charge in [0.25, 0.3) is 0 Å². The number of halogens is 18. The van der Waals surface area contributed by atoms with Gasteiger partial charge >= 0.3 is 34.1 Å². The fourth-order valence-corrected chi connectivity index (χ4v) is 0.978. The zero-order valence-electron chi connectivity index (χ0n) is 12.8. The monoisotopic (exact) mass is 475 g/mol. The number of hydrogen-bond donors (Lipinski definition) is 0. The van der Waals surface area contributed by atoms with E-state index in [1.165, 1.54) is 0 Å². The summed E-state index contributed by atoms with van der Waals surface area (Å²) >= 11 is 0. The Kier molecular flexibility index (Phi) is 12.5. The van der Waals surface area contributed by atoms with Crippen molar-refractivity contribution in [3.8, 4) is 0 Å². The topological polar surface area (TPSA) is 0 Å². The van der Waals surface area contributed by atoms with Gasteiger partial charge in [0.15, 0.2) is 0 Å². The van der Waals surface area contributed by atoms with Crippen molar-refractivity contribution in [3.63, 3.8) is 0 Å². The number of rotatable bonds is 0.